The van der Waals surface area contributed by atoms with E-state index in [9.17, 15) is 9.59 Å². The van der Waals surface area contributed by atoms with Gasteiger partial charge in [-0.15, -0.1) is 0 Å². The number of ketones is 2. The van der Waals surface area contributed by atoms with Crippen LogP contribution in [-0.2, 0) is 16.0 Å². The molecule has 3 nitrogen and oxygen atoms in total. The van der Waals surface area contributed by atoms with E-state index in [2.05, 4.69) is 24.3 Å². The lowest BCUT2D eigenvalue weighted by Gasteiger charge is -2.17. The fraction of sp³-hybridized carbons (Fsp3) is 0.652. The number of aliphatic hydroxyl groups is 1. The minimum absolute atomic E-state index is 0.0163. The maximum absolute atomic E-state index is 12.3. The molecule has 2 unspecified atom stereocenters. The Kier molecular flexibility index (Phi) is 7.01. The summed E-state index contributed by atoms with van der Waals surface area (Å²) < 4.78 is 0. The number of rotatable bonds is 9. The number of Topliss-reactive ketones (excluding diaryl/α,β-unsaturated/α-hetero) is 2. The van der Waals surface area contributed by atoms with Crippen LogP contribution >= 0.6 is 0 Å². The highest BCUT2D eigenvalue weighted by molar-refractivity contribution is 6.00. The van der Waals surface area contributed by atoms with Crippen molar-refractivity contribution in [1.29, 1.82) is 0 Å². The van der Waals surface area contributed by atoms with Crippen LogP contribution in [0.25, 0.3) is 0 Å². The molecular weight excluding hydrogens is 324 g/mol. The highest BCUT2D eigenvalue weighted by Crippen LogP contribution is 2.38. The first-order valence-corrected chi connectivity index (χ1v) is 10.4. The molecule has 0 aromatic heterocycles. The average molecular weight is 357 g/mol. The van der Waals surface area contributed by atoms with Crippen molar-refractivity contribution in [3.63, 3.8) is 0 Å². The summed E-state index contributed by atoms with van der Waals surface area (Å²) in [5.74, 6) is 1.40. The lowest BCUT2D eigenvalue weighted by atomic mass is 9.88. The zero-order valence-corrected chi connectivity index (χ0v) is 15.8. The van der Waals surface area contributed by atoms with Gasteiger partial charge in [-0.05, 0) is 67.9 Å². The Morgan fingerprint density at radius 1 is 1.04 bits per heavy atom. The number of carbonyl (C=O) groups excluding carboxylic acids is 2. The zero-order valence-electron chi connectivity index (χ0n) is 15.8. The summed E-state index contributed by atoms with van der Waals surface area (Å²) in [6.07, 6.45) is 10.8. The fourth-order valence-electron chi connectivity index (χ4n) is 4.94. The fourth-order valence-corrected chi connectivity index (χ4v) is 4.94. The average Bonchev–Trinajstić information content (AvgIpc) is 3.32. The van der Waals surface area contributed by atoms with E-state index in [1.807, 2.05) is 0 Å². The monoisotopic (exact) mass is 356 g/mol. The van der Waals surface area contributed by atoms with E-state index >= 15 is 0 Å². The lowest BCUT2D eigenvalue weighted by molar-refractivity contribution is -0.129. The number of carbonyl (C=O) groups is 2. The molecule has 2 aliphatic rings. The van der Waals surface area contributed by atoms with Gasteiger partial charge in [0.1, 0.15) is 11.6 Å². The molecule has 2 saturated carbocycles. The van der Waals surface area contributed by atoms with Crippen molar-refractivity contribution < 1.29 is 14.7 Å². The van der Waals surface area contributed by atoms with Gasteiger partial charge >= 0.3 is 0 Å². The number of hydrogen-bond acceptors (Lipinski definition) is 3. The third-order valence-electron chi connectivity index (χ3n) is 6.43. The molecule has 142 valence electrons. The predicted octanol–water partition coefficient (Wildman–Crippen LogP) is 4.60. The van der Waals surface area contributed by atoms with Gasteiger partial charge < -0.3 is 5.11 Å². The Balaban J connectivity index is 1.49. The Hall–Kier alpha value is -1.48. The first-order valence-electron chi connectivity index (χ1n) is 10.4. The number of aliphatic hydroxyl groups excluding tert-OH is 1. The van der Waals surface area contributed by atoms with Crippen molar-refractivity contribution in [2.24, 2.45) is 11.8 Å². The van der Waals surface area contributed by atoms with Crippen LogP contribution in [0.1, 0.15) is 81.3 Å². The van der Waals surface area contributed by atoms with E-state index in [1.165, 1.54) is 31.2 Å². The summed E-state index contributed by atoms with van der Waals surface area (Å²) in [7, 11) is 0. The second-order valence-corrected chi connectivity index (χ2v) is 8.25. The van der Waals surface area contributed by atoms with Crippen LogP contribution in [0, 0.1) is 11.8 Å². The molecule has 0 radical (unpaired) electrons. The largest absolute Gasteiger partial charge is 0.396 e. The molecule has 1 N–H and O–H groups in total. The van der Waals surface area contributed by atoms with Gasteiger partial charge in [0.15, 0.2) is 0 Å². The first-order chi connectivity index (χ1) is 12.7. The Labute approximate surface area is 157 Å². The molecule has 0 saturated heterocycles. The minimum atomic E-state index is -0.153. The minimum Gasteiger partial charge on any atom is -0.396 e. The van der Waals surface area contributed by atoms with Crippen LogP contribution < -0.4 is 0 Å². The summed E-state index contributed by atoms with van der Waals surface area (Å²) in [5, 5.41) is 8.80. The molecular formula is C23H32O3. The summed E-state index contributed by atoms with van der Waals surface area (Å²) in [4.78, 5) is 23.9. The van der Waals surface area contributed by atoms with Gasteiger partial charge in [0.05, 0.1) is 6.42 Å². The van der Waals surface area contributed by atoms with Crippen LogP contribution in [0.5, 0.6) is 0 Å². The van der Waals surface area contributed by atoms with Gasteiger partial charge in [-0.2, -0.15) is 0 Å². The molecule has 0 aliphatic heterocycles. The van der Waals surface area contributed by atoms with E-state index in [0.717, 1.165) is 38.0 Å². The number of hydrogen-bond donors (Lipinski definition) is 1. The van der Waals surface area contributed by atoms with Gasteiger partial charge in [-0.25, -0.2) is 0 Å². The molecule has 3 rings (SSSR count). The summed E-state index contributed by atoms with van der Waals surface area (Å²) in [6.45, 7) is -0.153. The lowest BCUT2D eigenvalue weighted by Crippen LogP contribution is -2.16. The summed E-state index contributed by atoms with van der Waals surface area (Å²) >= 11 is 0. The number of aryl methyl sites for hydroxylation is 1. The highest BCUT2D eigenvalue weighted by Gasteiger charge is 2.30. The maximum atomic E-state index is 12.3. The van der Waals surface area contributed by atoms with E-state index in [1.54, 1.807) is 5.56 Å². The van der Waals surface area contributed by atoms with Gasteiger partial charge in [-0.3, -0.25) is 9.59 Å². The van der Waals surface area contributed by atoms with Gasteiger partial charge in [0.25, 0.3) is 0 Å². The Morgan fingerprint density at radius 3 is 2.58 bits per heavy atom. The van der Waals surface area contributed by atoms with Crippen LogP contribution in [0.2, 0.25) is 0 Å². The van der Waals surface area contributed by atoms with E-state index in [4.69, 9.17) is 5.11 Å². The normalized spacial score (nSPS) is 23.4. The van der Waals surface area contributed by atoms with Crippen molar-refractivity contribution in [3.8, 4) is 0 Å². The van der Waals surface area contributed by atoms with Crippen molar-refractivity contribution in [1.82, 2.24) is 0 Å². The Morgan fingerprint density at radius 2 is 1.81 bits per heavy atom. The second kappa shape index (κ2) is 9.45. The molecule has 2 atom stereocenters. The molecule has 0 heterocycles. The van der Waals surface area contributed by atoms with Crippen LogP contribution in [0.3, 0.4) is 0 Å². The standard InChI is InChI=1S/C23H32O3/c24-14-13-21(25)16-23(26)20-12-10-17(15-20)9-11-19-7-3-4-8-22(19)18-5-1-2-6-18/h3-4,7-8,17-18,20,24H,1-2,5-6,9-16H2. The molecule has 1 aromatic carbocycles. The molecule has 1 aromatic rings. The van der Waals surface area contributed by atoms with Gasteiger partial charge in [0.2, 0.25) is 0 Å². The van der Waals surface area contributed by atoms with Crippen molar-refractivity contribution in [2.75, 3.05) is 6.61 Å². The van der Waals surface area contributed by atoms with Crippen LogP contribution in [0.15, 0.2) is 24.3 Å². The Bertz CT molecular complexity index is 616. The second-order valence-electron chi connectivity index (χ2n) is 8.25. The maximum Gasteiger partial charge on any atom is 0.143 e. The van der Waals surface area contributed by atoms with Gasteiger partial charge in [-0.1, -0.05) is 37.1 Å². The van der Waals surface area contributed by atoms with E-state index < -0.39 is 0 Å². The highest BCUT2D eigenvalue weighted by atomic mass is 16.3. The molecule has 26 heavy (non-hydrogen) atoms. The third-order valence-corrected chi connectivity index (χ3v) is 6.43. The SMILES string of the molecule is O=C(CCO)CC(=O)C1CCC(CCc2ccccc2C2CCCC2)C1. The van der Waals surface area contributed by atoms with Crippen LogP contribution in [0.4, 0.5) is 0 Å². The van der Waals surface area contributed by atoms with Gasteiger partial charge in [0, 0.05) is 18.9 Å². The van der Waals surface area contributed by atoms with Crippen LogP contribution in [-0.4, -0.2) is 23.3 Å². The predicted molar refractivity (Wildman–Crippen MR) is 103 cm³/mol. The third kappa shape index (κ3) is 5.03. The topological polar surface area (TPSA) is 54.4 Å². The smallest absolute Gasteiger partial charge is 0.143 e. The summed E-state index contributed by atoms with van der Waals surface area (Å²) in [6, 6.07) is 8.93. The van der Waals surface area contributed by atoms with E-state index in [-0.39, 0.29) is 36.9 Å². The summed E-state index contributed by atoms with van der Waals surface area (Å²) in [5.41, 5.74) is 3.07. The molecule has 2 aliphatic carbocycles. The quantitative estimate of drug-likeness (QED) is 0.658. The molecule has 3 heteroatoms. The van der Waals surface area contributed by atoms with E-state index in [0.29, 0.717) is 5.92 Å². The van der Waals surface area contributed by atoms with Crippen molar-refractivity contribution >= 4 is 11.6 Å². The zero-order chi connectivity index (χ0) is 18.4. The molecule has 0 spiro atoms. The van der Waals surface area contributed by atoms with Crippen molar-refractivity contribution in [3.05, 3.63) is 35.4 Å². The molecule has 2 fully saturated rings. The van der Waals surface area contributed by atoms with Crippen molar-refractivity contribution in [2.45, 2.75) is 76.5 Å². The molecule has 0 amide bonds. The molecule has 0 bridgehead atoms. The first kappa shape index (κ1) is 19.3. The number of benzene rings is 1.